The predicted molar refractivity (Wildman–Crippen MR) is 88.1 cm³/mol. The zero-order chi connectivity index (χ0) is 15.2. The first-order chi connectivity index (χ1) is 9.36. The summed E-state index contributed by atoms with van der Waals surface area (Å²) in [7, 11) is 0. The molecular weight excluding hydrogens is 246 g/mol. The fraction of sp³-hybridized carbons (Fsp3) is 0.588. The van der Waals surface area contributed by atoms with Gasteiger partial charge in [-0.1, -0.05) is 19.9 Å². The van der Waals surface area contributed by atoms with Crippen molar-refractivity contribution in [2.75, 3.05) is 18.0 Å². The lowest BCUT2D eigenvalue weighted by Crippen LogP contribution is -2.42. The van der Waals surface area contributed by atoms with Gasteiger partial charge in [-0.15, -0.1) is 6.58 Å². The van der Waals surface area contributed by atoms with E-state index < -0.39 is 0 Å². The molecular formula is C17H29N3. The number of rotatable bonds is 7. The van der Waals surface area contributed by atoms with Crippen LogP contribution in [0, 0.1) is 5.92 Å². The van der Waals surface area contributed by atoms with Crippen LogP contribution in [0.4, 0.5) is 5.69 Å². The van der Waals surface area contributed by atoms with Crippen LogP contribution >= 0.6 is 0 Å². The Balaban J connectivity index is 2.94. The molecule has 3 heteroatoms. The van der Waals surface area contributed by atoms with E-state index in [4.69, 9.17) is 0 Å². The van der Waals surface area contributed by atoms with Gasteiger partial charge in [0.15, 0.2) is 0 Å². The van der Waals surface area contributed by atoms with Crippen LogP contribution in [0.5, 0.6) is 0 Å². The third-order valence-electron chi connectivity index (χ3n) is 3.17. The summed E-state index contributed by atoms with van der Waals surface area (Å²) in [6, 6.07) is 2.10. The maximum atomic E-state index is 4.30. The van der Waals surface area contributed by atoms with Gasteiger partial charge in [-0.2, -0.15) is 0 Å². The Morgan fingerprint density at radius 3 is 2.65 bits per heavy atom. The molecule has 1 aromatic heterocycles. The average molecular weight is 275 g/mol. The first-order valence-corrected chi connectivity index (χ1v) is 7.38. The first-order valence-electron chi connectivity index (χ1n) is 7.38. The highest BCUT2D eigenvalue weighted by molar-refractivity contribution is 5.54. The van der Waals surface area contributed by atoms with Gasteiger partial charge < -0.3 is 10.2 Å². The third kappa shape index (κ3) is 4.97. The maximum Gasteiger partial charge on any atom is 0.0605 e. The molecule has 0 saturated heterocycles. The summed E-state index contributed by atoms with van der Waals surface area (Å²) in [5, 5.41) is 3.51. The van der Waals surface area contributed by atoms with E-state index >= 15 is 0 Å². The Morgan fingerprint density at radius 2 is 2.10 bits per heavy atom. The van der Waals surface area contributed by atoms with Gasteiger partial charge in [-0.05, 0) is 44.9 Å². The molecule has 0 saturated carbocycles. The monoisotopic (exact) mass is 275 g/mol. The molecule has 0 atom stereocenters. The van der Waals surface area contributed by atoms with Gasteiger partial charge in [0.1, 0.15) is 0 Å². The lowest BCUT2D eigenvalue weighted by atomic mass is 10.0. The Kier molecular flexibility index (Phi) is 6.21. The molecule has 0 aliphatic carbocycles. The van der Waals surface area contributed by atoms with E-state index in [0.29, 0.717) is 5.92 Å². The second-order valence-electron chi connectivity index (χ2n) is 6.60. The van der Waals surface area contributed by atoms with Crippen LogP contribution in [-0.2, 0) is 6.54 Å². The summed E-state index contributed by atoms with van der Waals surface area (Å²) in [4.78, 5) is 6.65. The lowest BCUT2D eigenvalue weighted by Gasteiger charge is -2.38. The Bertz CT molecular complexity index is 418. The van der Waals surface area contributed by atoms with Gasteiger partial charge in [0.05, 0.1) is 11.9 Å². The standard InChI is InChI=1S/C17H29N3/c1-7-10-20(17(4,5)6)16-13-18-9-8-15(16)12-19-11-14(2)3/h7-9,13-14,19H,1,10-12H2,2-6H3. The van der Waals surface area contributed by atoms with Gasteiger partial charge >= 0.3 is 0 Å². The van der Waals surface area contributed by atoms with Crippen molar-refractivity contribution in [3.05, 3.63) is 36.7 Å². The Hall–Kier alpha value is -1.35. The number of nitrogens with one attached hydrogen (secondary N) is 1. The average Bonchev–Trinajstić information content (AvgIpc) is 2.35. The highest BCUT2D eigenvalue weighted by Crippen LogP contribution is 2.26. The molecule has 0 unspecified atom stereocenters. The lowest BCUT2D eigenvalue weighted by molar-refractivity contribution is 0.515. The van der Waals surface area contributed by atoms with Gasteiger partial charge in [0, 0.05) is 24.8 Å². The minimum atomic E-state index is 0.0457. The molecule has 0 amide bonds. The molecule has 1 N–H and O–H groups in total. The summed E-state index contributed by atoms with van der Waals surface area (Å²) < 4.78 is 0. The zero-order valence-electron chi connectivity index (χ0n) is 13.6. The number of aromatic nitrogens is 1. The second-order valence-corrected chi connectivity index (χ2v) is 6.60. The molecule has 1 heterocycles. The first kappa shape index (κ1) is 16.7. The topological polar surface area (TPSA) is 28.2 Å². The number of nitrogens with zero attached hydrogens (tertiary/aromatic N) is 2. The Morgan fingerprint density at radius 1 is 1.40 bits per heavy atom. The predicted octanol–water partition coefficient (Wildman–Crippen LogP) is 3.62. The quantitative estimate of drug-likeness (QED) is 0.770. The number of hydrogen-bond donors (Lipinski definition) is 1. The van der Waals surface area contributed by atoms with Crippen LogP contribution in [0.1, 0.15) is 40.2 Å². The molecule has 0 radical (unpaired) electrons. The normalized spacial score (nSPS) is 11.7. The van der Waals surface area contributed by atoms with Crippen LogP contribution in [0.2, 0.25) is 0 Å². The van der Waals surface area contributed by atoms with Crippen LogP contribution in [-0.4, -0.2) is 23.6 Å². The summed E-state index contributed by atoms with van der Waals surface area (Å²) >= 11 is 0. The molecule has 20 heavy (non-hydrogen) atoms. The maximum absolute atomic E-state index is 4.30. The van der Waals surface area contributed by atoms with Crippen molar-refractivity contribution in [2.24, 2.45) is 5.92 Å². The molecule has 1 rings (SSSR count). The summed E-state index contributed by atoms with van der Waals surface area (Å²) in [6.07, 6.45) is 5.77. The highest BCUT2D eigenvalue weighted by Gasteiger charge is 2.22. The van der Waals surface area contributed by atoms with E-state index in [9.17, 15) is 0 Å². The van der Waals surface area contributed by atoms with E-state index in [2.05, 4.69) is 62.5 Å². The summed E-state index contributed by atoms with van der Waals surface area (Å²) in [6.45, 7) is 17.7. The number of anilines is 1. The van der Waals surface area contributed by atoms with Crippen molar-refractivity contribution in [2.45, 2.75) is 46.7 Å². The summed E-state index contributed by atoms with van der Waals surface area (Å²) in [5.41, 5.74) is 2.53. The molecule has 0 aliphatic heterocycles. The van der Waals surface area contributed by atoms with E-state index in [0.717, 1.165) is 19.6 Å². The van der Waals surface area contributed by atoms with Crippen molar-refractivity contribution >= 4 is 5.69 Å². The molecule has 0 spiro atoms. The fourth-order valence-corrected chi connectivity index (χ4v) is 2.17. The van der Waals surface area contributed by atoms with Crippen molar-refractivity contribution in [1.29, 1.82) is 0 Å². The van der Waals surface area contributed by atoms with Crippen molar-refractivity contribution in [1.82, 2.24) is 10.3 Å². The molecule has 0 aliphatic rings. The highest BCUT2D eigenvalue weighted by atomic mass is 15.2. The SMILES string of the molecule is C=CCN(c1cnccc1CNCC(C)C)C(C)(C)C. The van der Waals surface area contributed by atoms with E-state index in [-0.39, 0.29) is 5.54 Å². The van der Waals surface area contributed by atoms with E-state index in [1.807, 2.05) is 18.5 Å². The van der Waals surface area contributed by atoms with Gasteiger partial charge in [0.25, 0.3) is 0 Å². The van der Waals surface area contributed by atoms with Crippen molar-refractivity contribution in [3.63, 3.8) is 0 Å². The number of pyridine rings is 1. The van der Waals surface area contributed by atoms with E-state index in [1.54, 1.807) is 0 Å². The second kappa shape index (κ2) is 7.44. The summed E-state index contributed by atoms with van der Waals surface area (Å²) in [5.74, 6) is 0.659. The van der Waals surface area contributed by atoms with Gasteiger partial charge in [-0.25, -0.2) is 0 Å². The zero-order valence-corrected chi connectivity index (χ0v) is 13.6. The molecule has 3 nitrogen and oxygen atoms in total. The Labute approximate surface area is 124 Å². The van der Waals surface area contributed by atoms with Crippen molar-refractivity contribution < 1.29 is 0 Å². The molecule has 0 bridgehead atoms. The van der Waals surface area contributed by atoms with Crippen molar-refractivity contribution in [3.8, 4) is 0 Å². The largest absolute Gasteiger partial charge is 0.361 e. The molecule has 112 valence electrons. The molecule has 0 fully saturated rings. The smallest absolute Gasteiger partial charge is 0.0605 e. The molecule has 0 aromatic carbocycles. The van der Waals surface area contributed by atoms with E-state index in [1.165, 1.54) is 11.3 Å². The fourth-order valence-electron chi connectivity index (χ4n) is 2.17. The van der Waals surface area contributed by atoms with Crippen LogP contribution in [0.25, 0.3) is 0 Å². The van der Waals surface area contributed by atoms with Gasteiger partial charge in [0.2, 0.25) is 0 Å². The van der Waals surface area contributed by atoms with Crippen LogP contribution < -0.4 is 10.2 Å². The third-order valence-corrected chi connectivity index (χ3v) is 3.17. The van der Waals surface area contributed by atoms with Crippen LogP contribution in [0.3, 0.4) is 0 Å². The molecule has 1 aromatic rings. The minimum Gasteiger partial charge on any atom is -0.361 e. The van der Waals surface area contributed by atoms with Gasteiger partial charge in [-0.3, -0.25) is 4.98 Å². The minimum absolute atomic E-state index is 0.0457. The number of hydrogen-bond acceptors (Lipinski definition) is 3. The van der Waals surface area contributed by atoms with Crippen LogP contribution in [0.15, 0.2) is 31.1 Å².